The molecule has 2 aromatic rings. The zero-order valence-electron chi connectivity index (χ0n) is 26.0. The van der Waals surface area contributed by atoms with Crippen LogP contribution in [0.2, 0.25) is 0 Å². The molecule has 4 aliphatic heterocycles. The number of benzene rings is 2. The smallest absolute Gasteiger partial charge is 0.124 e. The molecule has 0 amide bonds. The van der Waals surface area contributed by atoms with Gasteiger partial charge in [-0.25, -0.2) is 0 Å². The van der Waals surface area contributed by atoms with Gasteiger partial charge >= 0.3 is 0 Å². The van der Waals surface area contributed by atoms with Crippen molar-refractivity contribution in [2.24, 2.45) is 0 Å². The van der Waals surface area contributed by atoms with Crippen molar-refractivity contribution in [3.05, 3.63) is 45.5 Å². The lowest BCUT2D eigenvalue weighted by Crippen LogP contribution is -2.49. The predicted octanol–water partition coefficient (Wildman–Crippen LogP) is 7.80. The first kappa shape index (κ1) is 26.8. The van der Waals surface area contributed by atoms with Crippen LogP contribution in [0, 0.1) is 0 Å². The molecule has 2 aromatic carbocycles. The minimum Gasteiger partial charge on any atom is -0.507 e. The molecule has 2 N–H and O–H groups in total. The van der Waals surface area contributed by atoms with Gasteiger partial charge in [0.2, 0.25) is 0 Å². The summed E-state index contributed by atoms with van der Waals surface area (Å²) in [5, 5.41) is 24.0. The lowest BCUT2D eigenvalue weighted by Gasteiger charge is -2.52. The summed E-state index contributed by atoms with van der Waals surface area (Å²) in [5.74, 6) is 0.876. The van der Waals surface area contributed by atoms with Gasteiger partial charge in [0.15, 0.2) is 0 Å². The Morgan fingerprint density at radius 1 is 0.641 bits per heavy atom. The van der Waals surface area contributed by atoms with E-state index in [9.17, 15) is 10.2 Å². The summed E-state index contributed by atoms with van der Waals surface area (Å²) < 4.78 is 0. The molecule has 2 atom stereocenters. The van der Waals surface area contributed by atoms with E-state index in [0.29, 0.717) is 30.0 Å². The molecule has 39 heavy (non-hydrogen) atoms. The third-order valence-electron chi connectivity index (χ3n) is 11.1. The highest BCUT2D eigenvalue weighted by molar-refractivity contribution is 5.76. The molecular formula is C35H50N2O2. The highest BCUT2D eigenvalue weighted by Gasteiger charge is 2.47. The summed E-state index contributed by atoms with van der Waals surface area (Å²) in [7, 11) is 0. The Hall–Kier alpha value is -2.36. The number of rotatable bonds is 2. The van der Waals surface area contributed by atoms with E-state index < -0.39 is 0 Å². The molecule has 0 radical (unpaired) electrons. The van der Waals surface area contributed by atoms with E-state index in [0.717, 1.165) is 61.0 Å². The normalized spacial score (nSPS) is 27.1. The van der Waals surface area contributed by atoms with E-state index in [2.05, 4.69) is 91.2 Å². The molecule has 212 valence electrons. The van der Waals surface area contributed by atoms with Gasteiger partial charge in [-0.1, -0.05) is 55.4 Å². The third kappa shape index (κ3) is 3.75. The van der Waals surface area contributed by atoms with E-state index in [-0.39, 0.29) is 21.7 Å². The van der Waals surface area contributed by atoms with Crippen LogP contribution in [-0.2, 0) is 28.1 Å². The van der Waals surface area contributed by atoms with Gasteiger partial charge in [-0.05, 0) is 95.6 Å². The summed E-state index contributed by atoms with van der Waals surface area (Å²) in [5.41, 5.74) is 9.25. The fourth-order valence-corrected chi connectivity index (χ4v) is 8.90. The fourth-order valence-electron chi connectivity index (χ4n) is 8.90. The Morgan fingerprint density at radius 3 is 1.36 bits per heavy atom. The topological polar surface area (TPSA) is 46.9 Å². The number of nitrogens with zero attached hydrogens (tertiary/aromatic N) is 2. The van der Waals surface area contributed by atoms with Crippen molar-refractivity contribution >= 4 is 11.4 Å². The molecule has 4 heterocycles. The Bertz CT molecular complexity index is 1260. The van der Waals surface area contributed by atoms with Crippen molar-refractivity contribution < 1.29 is 10.2 Å². The molecule has 0 bridgehead atoms. The molecular weight excluding hydrogens is 480 g/mol. The van der Waals surface area contributed by atoms with Crippen LogP contribution in [0.3, 0.4) is 0 Å². The number of hydrogen-bond donors (Lipinski definition) is 2. The molecule has 0 saturated carbocycles. The van der Waals surface area contributed by atoms with Gasteiger partial charge in [-0.2, -0.15) is 0 Å². The highest BCUT2D eigenvalue weighted by Crippen LogP contribution is 2.57. The molecule has 4 heteroatoms. The van der Waals surface area contributed by atoms with Gasteiger partial charge in [0, 0.05) is 54.1 Å². The maximum Gasteiger partial charge on any atom is 0.124 e. The SMILES string of the molecule is CC1CC(C)(C)c2c(O)c(Cc3cc4c5c(c3O)C(C)(C)CC(C)N5CCC4(C)C)cc3c2N1CCC3(C)C. The minimum atomic E-state index is -0.113. The lowest BCUT2D eigenvalue weighted by atomic mass is 9.66. The summed E-state index contributed by atoms with van der Waals surface area (Å²) in [6.07, 6.45) is 4.82. The first-order chi connectivity index (χ1) is 18.0. The summed E-state index contributed by atoms with van der Waals surface area (Å²) in [4.78, 5) is 5.10. The zero-order valence-corrected chi connectivity index (χ0v) is 26.0. The highest BCUT2D eigenvalue weighted by atomic mass is 16.3. The van der Waals surface area contributed by atoms with E-state index in [1.165, 1.54) is 22.5 Å². The molecule has 0 spiro atoms. The number of phenolic OH excluding ortho intramolecular Hbond substituents is 2. The van der Waals surface area contributed by atoms with Crippen molar-refractivity contribution in [1.82, 2.24) is 0 Å². The fraction of sp³-hybridized carbons (Fsp3) is 0.657. The quantitative estimate of drug-likeness (QED) is 0.416. The molecule has 2 unspecified atom stereocenters. The molecule has 0 aromatic heterocycles. The standard InChI is InChI=1S/C35H50N2O2/c1-20-18-34(7,8)26-28-24(32(3,4)11-13-36(20)28)16-22(30(26)38)15-23-17-25-29-27(31(23)39)35(9,10)19-21(2)37(29)14-12-33(25,5)6/h16-17,20-21,38-39H,11-15,18-19H2,1-10H3. The Balaban J connectivity index is 1.58. The maximum absolute atomic E-state index is 12.0. The second-order valence-corrected chi connectivity index (χ2v) is 16.0. The van der Waals surface area contributed by atoms with Gasteiger partial charge in [-0.3, -0.25) is 0 Å². The van der Waals surface area contributed by atoms with Crippen LogP contribution < -0.4 is 9.80 Å². The lowest BCUT2D eigenvalue weighted by molar-refractivity contribution is 0.340. The third-order valence-corrected chi connectivity index (χ3v) is 11.1. The first-order valence-corrected chi connectivity index (χ1v) is 15.3. The maximum atomic E-state index is 12.0. The average molecular weight is 531 g/mol. The van der Waals surface area contributed by atoms with Crippen molar-refractivity contribution in [2.45, 2.75) is 135 Å². The van der Waals surface area contributed by atoms with Gasteiger partial charge < -0.3 is 20.0 Å². The van der Waals surface area contributed by atoms with Crippen molar-refractivity contribution in [1.29, 1.82) is 0 Å². The molecule has 6 rings (SSSR count). The van der Waals surface area contributed by atoms with E-state index in [4.69, 9.17) is 0 Å². The Morgan fingerprint density at radius 2 is 1.00 bits per heavy atom. The van der Waals surface area contributed by atoms with Crippen molar-refractivity contribution in [2.75, 3.05) is 22.9 Å². The van der Waals surface area contributed by atoms with Crippen molar-refractivity contribution in [3.8, 4) is 11.5 Å². The van der Waals surface area contributed by atoms with E-state index in [1.54, 1.807) is 0 Å². The largest absolute Gasteiger partial charge is 0.507 e. The average Bonchev–Trinajstić information content (AvgIpc) is 2.78. The monoisotopic (exact) mass is 530 g/mol. The van der Waals surface area contributed by atoms with Gasteiger partial charge in [0.1, 0.15) is 11.5 Å². The zero-order chi connectivity index (χ0) is 28.4. The van der Waals surface area contributed by atoms with E-state index in [1.807, 2.05) is 0 Å². The van der Waals surface area contributed by atoms with Crippen LogP contribution >= 0.6 is 0 Å². The number of hydrogen-bond acceptors (Lipinski definition) is 4. The molecule has 0 aliphatic carbocycles. The van der Waals surface area contributed by atoms with Crippen LogP contribution in [0.5, 0.6) is 11.5 Å². The van der Waals surface area contributed by atoms with Crippen molar-refractivity contribution in [3.63, 3.8) is 0 Å². The molecule has 0 fully saturated rings. The second-order valence-electron chi connectivity index (χ2n) is 16.0. The predicted molar refractivity (Wildman–Crippen MR) is 163 cm³/mol. The Labute approximate surface area is 236 Å². The number of anilines is 2. The first-order valence-electron chi connectivity index (χ1n) is 15.3. The van der Waals surface area contributed by atoms with Gasteiger partial charge in [-0.15, -0.1) is 0 Å². The summed E-state index contributed by atoms with van der Waals surface area (Å²) in [6.45, 7) is 25.3. The van der Waals surface area contributed by atoms with Gasteiger partial charge in [0.25, 0.3) is 0 Å². The van der Waals surface area contributed by atoms with Crippen LogP contribution in [-0.4, -0.2) is 35.4 Å². The number of aromatic hydroxyl groups is 2. The summed E-state index contributed by atoms with van der Waals surface area (Å²) >= 11 is 0. The Kier molecular flexibility index (Phi) is 5.58. The molecule has 4 aliphatic rings. The molecule has 4 nitrogen and oxygen atoms in total. The summed E-state index contributed by atoms with van der Waals surface area (Å²) in [6, 6.07) is 5.48. The van der Waals surface area contributed by atoms with Crippen LogP contribution in [0.4, 0.5) is 11.4 Å². The van der Waals surface area contributed by atoms with Crippen LogP contribution in [0.15, 0.2) is 12.1 Å². The molecule has 0 saturated heterocycles. The second kappa shape index (κ2) is 8.10. The van der Waals surface area contributed by atoms with Gasteiger partial charge in [0.05, 0.1) is 0 Å². The van der Waals surface area contributed by atoms with Crippen LogP contribution in [0.25, 0.3) is 0 Å². The number of phenols is 2. The van der Waals surface area contributed by atoms with Crippen LogP contribution in [0.1, 0.15) is 128 Å². The minimum absolute atomic E-state index is 0.0423. The van der Waals surface area contributed by atoms with E-state index >= 15 is 0 Å².